The fourth-order valence-corrected chi connectivity index (χ4v) is 9.48. The lowest BCUT2D eigenvalue weighted by Crippen LogP contribution is -2.29. The molecule has 1 aromatic heterocycles. The summed E-state index contributed by atoms with van der Waals surface area (Å²) in [4.78, 5) is 80.9. The number of amides is 1. The standard InChI is InChI=1S/C37H39N6O17P3/c1-41(2)22-8-11-25-29(15-22)57-30-16-23(42(3)4)9-12-26(30)33(25)24-10-7-20(14-27(24)36(46)47)35(45)39-13-5-6-21-18-43(37(48)40-34(21)38)32-17-28(44)31(58-32)19-56-62(52,53)60-63(54,55)59-61(49,50)51/h7-12,14-16,18,28,31-32,44H,13,17,19H2,1-4H3,(H7-,38,39,40,45,46,47,48,49,50,51,52,53,54,55)/p+1/t28-,31+,32+/m0/s1. The number of benzene rings is 3. The lowest BCUT2D eigenvalue weighted by Gasteiger charge is -2.19. The van der Waals surface area contributed by atoms with Gasteiger partial charge in [0.05, 0.1) is 36.4 Å². The molecule has 2 aliphatic heterocycles. The SMILES string of the molecule is CN(C)c1ccc2c(-c3ccc(C(=O)NCC#Cc4cn([C@H]5C[C@H](O)[C@@H](COP(=O)(O)OP(=O)(O)OP(=O)(O)O)O5)c(=O)nc4N)cc3C(=O)O)c3ccc(=[N+](C)C)cc-3oc2c1. The van der Waals surface area contributed by atoms with E-state index in [-0.39, 0.29) is 35.5 Å². The summed E-state index contributed by atoms with van der Waals surface area (Å²) in [5.74, 6) is 3.62. The van der Waals surface area contributed by atoms with E-state index in [9.17, 15) is 48.1 Å². The molecule has 1 amide bonds. The minimum atomic E-state index is -5.79. The summed E-state index contributed by atoms with van der Waals surface area (Å²) < 4.78 is 61.1. The number of carbonyl (C=O) groups excluding carboxylic acids is 1. The first-order valence-electron chi connectivity index (χ1n) is 18.3. The van der Waals surface area contributed by atoms with Crippen molar-refractivity contribution in [3.8, 4) is 34.3 Å². The highest BCUT2D eigenvalue weighted by Gasteiger charge is 2.43. The molecule has 63 heavy (non-hydrogen) atoms. The van der Waals surface area contributed by atoms with Crippen molar-refractivity contribution in [3.05, 3.63) is 93.3 Å². The van der Waals surface area contributed by atoms with Crippen molar-refractivity contribution in [1.29, 1.82) is 0 Å². The molecule has 2 aromatic carbocycles. The highest BCUT2D eigenvalue weighted by atomic mass is 31.3. The molecule has 1 aliphatic carbocycles. The largest absolute Gasteiger partial charge is 0.490 e. The van der Waals surface area contributed by atoms with Crippen molar-refractivity contribution in [1.82, 2.24) is 19.4 Å². The molecule has 3 heterocycles. The van der Waals surface area contributed by atoms with Crippen molar-refractivity contribution >= 4 is 57.8 Å². The number of aromatic carboxylic acids is 1. The summed E-state index contributed by atoms with van der Waals surface area (Å²) >= 11 is 0. The number of rotatable bonds is 13. The molecule has 1 fully saturated rings. The zero-order valence-corrected chi connectivity index (χ0v) is 36.2. The van der Waals surface area contributed by atoms with Crippen molar-refractivity contribution in [2.24, 2.45) is 0 Å². The van der Waals surface area contributed by atoms with Crippen LogP contribution >= 0.6 is 23.5 Å². The molecule has 0 spiro atoms. The normalized spacial score (nSPS) is 18.3. The van der Waals surface area contributed by atoms with Gasteiger partial charge in [0.15, 0.2) is 0 Å². The van der Waals surface area contributed by atoms with Crippen molar-refractivity contribution in [2.45, 2.75) is 24.9 Å². The van der Waals surface area contributed by atoms with Gasteiger partial charge in [-0.1, -0.05) is 17.9 Å². The molecule has 0 saturated carbocycles. The van der Waals surface area contributed by atoms with Crippen LogP contribution in [0.3, 0.4) is 0 Å². The third-order valence-electron chi connectivity index (χ3n) is 9.38. The van der Waals surface area contributed by atoms with E-state index in [4.69, 9.17) is 24.7 Å². The maximum Gasteiger partial charge on any atom is 0.490 e. The van der Waals surface area contributed by atoms with Crippen LogP contribution in [0.2, 0.25) is 0 Å². The van der Waals surface area contributed by atoms with Crippen molar-refractivity contribution < 1.29 is 75.4 Å². The van der Waals surface area contributed by atoms with Crippen LogP contribution in [0, 0.1) is 11.8 Å². The first kappa shape index (κ1) is 46.9. The molecule has 5 atom stereocenters. The highest BCUT2D eigenvalue weighted by Crippen LogP contribution is 2.66. The number of hydrogen-bond acceptors (Lipinski definition) is 15. The average Bonchev–Trinajstić information content (AvgIpc) is 3.55. The van der Waals surface area contributed by atoms with Crippen LogP contribution in [0.1, 0.15) is 38.9 Å². The van der Waals surface area contributed by atoms with Crippen LogP contribution < -0.4 is 31.6 Å². The van der Waals surface area contributed by atoms with E-state index in [0.29, 0.717) is 33.4 Å². The molecule has 0 bridgehead atoms. The predicted octanol–water partition coefficient (Wildman–Crippen LogP) is 1.91. The molecule has 1 saturated heterocycles. The zero-order chi connectivity index (χ0) is 46.2. The number of hydrogen-bond donors (Lipinski definition) is 8. The van der Waals surface area contributed by atoms with Crippen LogP contribution in [-0.4, -0.2) is 105 Å². The summed E-state index contributed by atoms with van der Waals surface area (Å²) in [6, 6.07) is 15.5. The molecule has 23 nitrogen and oxygen atoms in total. The Labute approximate surface area is 356 Å². The summed E-state index contributed by atoms with van der Waals surface area (Å²) in [6.07, 6.45) is -3.33. The van der Waals surface area contributed by atoms with Crippen LogP contribution in [0.25, 0.3) is 33.4 Å². The number of phosphoric ester groups is 1. The minimum absolute atomic E-state index is 0.0133. The Hall–Kier alpha value is -5.56. The van der Waals surface area contributed by atoms with Gasteiger partial charge >= 0.3 is 35.1 Å². The Balaban J connectivity index is 1.18. The van der Waals surface area contributed by atoms with E-state index in [1.807, 2.05) is 74.1 Å². The van der Waals surface area contributed by atoms with Gasteiger partial charge in [-0.25, -0.2) is 27.9 Å². The molecule has 334 valence electrons. The van der Waals surface area contributed by atoms with Gasteiger partial charge in [0, 0.05) is 66.6 Å². The quantitative estimate of drug-likeness (QED) is 0.0362. The van der Waals surface area contributed by atoms with Gasteiger partial charge in [-0.3, -0.25) is 13.9 Å². The summed E-state index contributed by atoms with van der Waals surface area (Å²) in [5, 5.41) is 25.0. The molecule has 2 unspecified atom stereocenters. The van der Waals surface area contributed by atoms with E-state index in [0.717, 1.165) is 21.8 Å². The summed E-state index contributed by atoms with van der Waals surface area (Å²) in [6.45, 7) is -1.26. The number of phosphoric acid groups is 3. The van der Waals surface area contributed by atoms with E-state index in [2.05, 4.69) is 35.3 Å². The highest BCUT2D eigenvalue weighted by molar-refractivity contribution is 7.66. The second-order valence-electron chi connectivity index (χ2n) is 14.2. The maximum absolute atomic E-state index is 13.3. The van der Waals surface area contributed by atoms with E-state index >= 15 is 0 Å². The monoisotopic (exact) mass is 933 g/mol. The maximum atomic E-state index is 13.3. The first-order valence-corrected chi connectivity index (χ1v) is 22.8. The van der Waals surface area contributed by atoms with E-state index < -0.39 is 66.1 Å². The Kier molecular flexibility index (Phi) is 13.6. The van der Waals surface area contributed by atoms with Gasteiger partial charge in [-0.15, -0.1) is 0 Å². The van der Waals surface area contributed by atoms with Gasteiger partial charge in [-0.05, 0) is 35.9 Å². The van der Waals surface area contributed by atoms with Crippen molar-refractivity contribution in [3.63, 3.8) is 0 Å². The van der Waals surface area contributed by atoms with Crippen LogP contribution in [-0.2, 0) is 31.6 Å². The fraction of sp³-hybridized carbons (Fsp3) is 0.270. The van der Waals surface area contributed by atoms with E-state index in [1.165, 1.54) is 12.1 Å². The number of aliphatic hydroxyl groups excluding tert-OH is 1. The number of carboxylic acids is 1. The Morgan fingerprint density at radius 3 is 2.40 bits per heavy atom. The number of fused-ring (bicyclic) bond motifs is 2. The second kappa shape index (κ2) is 18.3. The van der Waals surface area contributed by atoms with Crippen LogP contribution in [0.4, 0.5) is 11.5 Å². The second-order valence-corrected chi connectivity index (χ2v) is 18.6. The van der Waals surface area contributed by atoms with E-state index in [1.54, 1.807) is 6.07 Å². The topological polar surface area (TPSA) is 336 Å². The molecule has 26 heteroatoms. The number of nitrogens with zero attached hydrogens (tertiary/aromatic N) is 4. The van der Waals surface area contributed by atoms with Gasteiger partial charge in [-0.2, -0.15) is 13.6 Å². The predicted molar refractivity (Wildman–Crippen MR) is 223 cm³/mol. The summed E-state index contributed by atoms with van der Waals surface area (Å²) in [7, 11) is -9.40. The molecule has 0 radical (unpaired) electrons. The Morgan fingerprint density at radius 1 is 1.02 bits per heavy atom. The number of nitrogens with one attached hydrogen (secondary N) is 1. The average molecular weight is 934 g/mol. The first-order chi connectivity index (χ1) is 29.4. The molecule has 9 N–H and O–H groups in total. The number of carbonyl (C=O) groups is 2. The number of aliphatic hydroxyl groups is 1. The Morgan fingerprint density at radius 2 is 1.73 bits per heavy atom. The van der Waals surface area contributed by atoms with Gasteiger partial charge in [0.25, 0.3) is 5.91 Å². The lowest BCUT2D eigenvalue weighted by atomic mass is 9.89. The lowest BCUT2D eigenvalue weighted by molar-refractivity contribution is -0.0449. The number of nitrogen functional groups attached to an aromatic ring is 1. The van der Waals surface area contributed by atoms with Crippen LogP contribution in [0.15, 0.2) is 70.0 Å². The molecule has 6 rings (SSSR count). The number of ether oxygens (including phenoxy) is 1. The third kappa shape index (κ3) is 11.2. The smallest absolute Gasteiger partial charge is 0.478 e. The third-order valence-corrected chi connectivity index (χ3v) is 13.2. The van der Waals surface area contributed by atoms with Gasteiger partial charge in [0.2, 0.25) is 5.36 Å². The number of aromatic nitrogens is 2. The van der Waals surface area contributed by atoms with Gasteiger partial charge in [0.1, 0.15) is 43.6 Å². The molecule has 3 aliphatic rings. The number of anilines is 2. The Bertz CT molecular complexity index is 2950. The number of nitrogens with two attached hydrogens (primary N) is 1. The fourth-order valence-electron chi connectivity index (χ4n) is 6.45. The van der Waals surface area contributed by atoms with Gasteiger partial charge < -0.3 is 54.9 Å². The van der Waals surface area contributed by atoms with Crippen molar-refractivity contribution in [2.75, 3.05) is 52.0 Å². The molecular weight excluding hydrogens is 893 g/mol. The molecule has 3 aromatic rings. The number of carboxylic acid groups (broad SMARTS) is 1. The van der Waals surface area contributed by atoms with Crippen LogP contribution in [0.5, 0.6) is 0 Å². The molecular formula is C37H40N6O17P3+. The summed E-state index contributed by atoms with van der Waals surface area (Å²) in [5.41, 5.74) is 7.81. The zero-order valence-electron chi connectivity index (χ0n) is 33.5. The minimum Gasteiger partial charge on any atom is -0.478 e.